The van der Waals surface area contributed by atoms with Crippen molar-refractivity contribution in [2.24, 2.45) is 4.99 Å². The number of hydrogen-bond acceptors (Lipinski definition) is 3. The van der Waals surface area contributed by atoms with Crippen LogP contribution in [-0.4, -0.2) is 62.2 Å². The molecular weight excluding hydrogens is 431 g/mol. The molecule has 25 heavy (non-hydrogen) atoms. The van der Waals surface area contributed by atoms with Crippen molar-refractivity contribution in [2.75, 3.05) is 33.8 Å². The van der Waals surface area contributed by atoms with Crippen molar-refractivity contribution in [1.29, 1.82) is 0 Å². The van der Waals surface area contributed by atoms with Gasteiger partial charge in [-0.3, -0.25) is 4.79 Å². The fourth-order valence-electron chi connectivity index (χ4n) is 3.39. The molecule has 1 amide bonds. The largest absolute Gasteiger partial charge is 0.375 e. The summed E-state index contributed by atoms with van der Waals surface area (Å²) in [4.78, 5) is 17.8. The first-order valence-corrected chi connectivity index (χ1v) is 8.93. The van der Waals surface area contributed by atoms with Crippen LogP contribution in [0.4, 0.5) is 0 Å². The van der Waals surface area contributed by atoms with Gasteiger partial charge in [-0.25, -0.2) is 4.99 Å². The maximum absolute atomic E-state index is 11.8. The van der Waals surface area contributed by atoms with Crippen LogP contribution in [0.15, 0.2) is 17.1 Å². The van der Waals surface area contributed by atoms with Gasteiger partial charge in [0.2, 0.25) is 5.91 Å². The number of nitrogens with zero attached hydrogens (tertiary/aromatic N) is 2. The highest BCUT2D eigenvalue weighted by Crippen LogP contribution is 2.39. The van der Waals surface area contributed by atoms with Crippen LogP contribution in [0.2, 0.25) is 0 Å². The second-order valence-electron chi connectivity index (χ2n) is 7.34. The Morgan fingerprint density at radius 3 is 2.64 bits per heavy atom. The summed E-state index contributed by atoms with van der Waals surface area (Å²) in [7, 11) is 3.49. The van der Waals surface area contributed by atoms with Crippen LogP contribution < -0.4 is 10.6 Å². The molecule has 1 saturated carbocycles. The zero-order chi connectivity index (χ0) is 17.6. The summed E-state index contributed by atoms with van der Waals surface area (Å²) >= 11 is 0. The van der Waals surface area contributed by atoms with Gasteiger partial charge in [0.25, 0.3) is 0 Å². The Balaban J connectivity index is 0.00000312. The maximum atomic E-state index is 11.8. The molecule has 1 aliphatic heterocycles. The van der Waals surface area contributed by atoms with Crippen molar-refractivity contribution in [2.45, 2.75) is 57.1 Å². The number of aliphatic imine (C=N–C) groups is 1. The molecule has 0 aromatic rings. The Labute approximate surface area is 168 Å². The van der Waals surface area contributed by atoms with Crippen LogP contribution in [0, 0.1) is 0 Å². The minimum atomic E-state index is -0.00864. The molecule has 2 fully saturated rings. The number of carbonyl (C=O) groups is 1. The molecule has 0 aromatic carbocycles. The average molecular weight is 464 g/mol. The van der Waals surface area contributed by atoms with E-state index in [2.05, 4.69) is 22.2 Å². The average Bonchev–Trinajstić information content (AvgIpc) is 2.97. The molecule has 0 bridgehead atoms. The fraction of sp³-hybridized carbons (Fsp3) is 0.778. The van der Waals surface area contributed by atoms with Gasteiger partial charge >= 0.3 is 0 Å². The molecule has 1 unspecified atom stereocenters. The smallest absolute Gasteiger partial charge is 0.243 e. The third-order valence-electron chi connectivity index (χ3n) is 4.78. The van der Waals surface area contributed by atoms with E-state index in [1.54, 1.807) is 19.0 Å². The zero-order valence-corrected chi connectivity index (χ0v) is 18.1. The highest BCUT2D eigenvalue weighted by molar-refractivity contribution is 14.0. The topological polar surface area (TPSA) is 66.0 Å². The van der Waals surface area contributed by atoms with Gasteiger partial charge in [0, 0.05) is 33.3 Å². The predicted octanol–water partition coefficient (Wildman–Crippen LogP) is 2.30. The number of rotatable bonds is 5. The lowest BCUT2D eigenvalue weighted by Gasteiger charge is -2.39. The summed E-state index contributed by atoms with van der Waals surface area (Å²) in [5, 5.41) is 6.77. The van der Waals surface area contributed by atoms with Gasteiger partial charge in [-0.15, -0.1) is 24.0 Å². The molecule has 144 valence electrons. The van der Waals surface area contributed by atoms with Crippen molar-refractivity contribution >= 4 is 35.8 Å². The minimum absolute atomic E-state index is 0. The van der Waals surface area contributed by atoms with Gasteiger partial charge in [0.1, 0.15) is 6.54 Å². The summed E-state index contributed by atoms with van der Waals surface area (Å²) in [5.74, 6) is 0.680. The van der Waals surface area contributed by atoms with Gasteiger partial charge in [-0.2, -0.15) is 0 Å². The van der Waals surface area contributed by atoms with Gasteiger partial charge in [0.15, 0.2) is 5.96 Å². The van der Waals surface area contributed by atoms with Gasteiger partial charge in [-0.05, 0) is 32.6 Å². The number of halogens is 1. The number of ether oxygens (including phenoxy) is 1. The second kappa shape index (κ2) is 10.4. The first-order chi connectivity index (χ1) is 11.4. The second-order valence-corrected chi connectivity index (χ2v) is 7.34. The number of amides is 1. The molecule has 1 aliphatic carbocycles. The van der Waals surface area contributed by atoms with E-state index in [0.717, 1.165) is 37.9 Å². The van der Waals surface area contributed by atoms with Gasteiger partial charge in [0.05, 0.1) is 5.60 Å². The number of nitrogens with one attached hydrogen (secondary N) is 2. The van der Waals surface area contributed by atoms with Crippen LogP contribution in [0.3, 0.4) is 0 Å². The first-order valence-electron chi connectivity index (χ1n) is 8.93. The monoisotopic (exact) mass is 464 g/mol. The van der Waals surface area contributed by atoms with Gasteiger partial charge in [-0.1, -0.05) is 25.0 Å². The Kier molecular flexibility index (Phi) is 9.20. The SMILES string of the molecule is C=C(C)CNC(=NCC(=O)N(C)C)NC1CCOC2(CCCC2)C1.I. The standard InChI is InChI=1S/C18H32N4O2.HI/c1-14(2)12-19-17(20-13-16(23)22(3)4)21-15-7-10-24-18(11-15)8-5-6-9-18;/h15H,1,5-13H2,2-4H3,(H2,19,20,21);1H. The van der Waals surface area contributed by atoms with Crippen molar-refractivity contribution in [3.8, 4) is 0 Å². The molecule has 2 rings (SSSR count). The number of likely N-dealkylation sites (N-methyl/N-ethyl adjacent to an activating group) is 1. The van der Waals surface area contributed by atoms with E-state index in [9.17, 15) is 4.79 Å². The lowest BCUT2D eigenvalue weighted by molar-refractivity contribution is -0.127. The lowest BCUT2D eigenvalue weighted by Crippen LogP contribution is -2.51. The van der Waals surface area contributed by atoms with Crippen LogP contribution in [0.25, 0.3) is 0 Å². The number of hydrogen-bond donors (Lipinski definition) is 2. The van der Waals surface area contributed by atoms with Crippen LogP contribution in [0.1, 0.15) is 45.4 Å². The molecule has 6 nitrogen and oxygen atoms in total. The first kappa shape index (κ1) is 22.2. The van der Waals surface area contributed by atoms with Gasteiger partial charge < -0.3 is 20.3 Å². The summed E-state index contributed by atoms with van der Waals surface area (Å²) in [5.41, 5.74) is 1.09. The van der Waals surface area contributed by atoms with E-state index in [4.69, 9.17) is 4.74 Å². The maximum Gasteiger partial charge on any atom is 0.243 e. The molecule has 2 aliphatic rings. The Hall–Kier alpha value is -0.830. The third-order valence-corrected chi connectivity index (χ3v) is 4.78. The minimum Gasteiger partial charge on any atom is -0.375 e. The molecule has 0 aromatic heterocycles. The Morgan fingerprint density at radius 2 is 2.04 bits per heavy atom. The van der Waals surface area contributed by atoms with E-state index in [1.807, 2.05) is 6.92 Å². The lowest BCUT2D eigenvalue weighted by atomic mass is 9.89. The van der Waals surface area contributed by atoms with Crippen molar-refractivity contribution in [1.82, 2.24) is 15.5 Å². The highest BCUT2D eigenvalue weighted by atomic mass is 127. The molecule has 2 N–H and O–H groups in total. The van der Waals surface area contributed by atoms with E-state index >= 15 is 0 Å². The molecular formula is C18H33IN4O2. The third kappa shape index (κ3) is 7.13. The summed E-state index contributed by atoms with van der Waals surface area (Å²) < 4.78 is 6.09. The van der Waals surface area contributed by atoms with Crippen LogP contribution >= 0.6 is 24.0 Å². The normalized spacial score (nSPS) is 22.2. The highest BCUT2D eigenvalue weighted by Gasteiger charge is 2.40. The molecule has 1 heterocycles. The van der Waals surface area contributed by atoms with Crippen molar-refractivity contribution < 1.29 is 9.53 Å². The molecule has 1 saturated heterocycles. The van der Waals surface area contributed by atoms with E-state index in [-0.39, 0.29) is 42.0 Å². The van der Waals surface area contributed by atoms with Crippen molar-refractivity contribution in [3.05, 3.63) is 12.2 Å². The van der Waals surface area contributed by atoms with Crippen molar-refractivity contribution in [3.63, 3.8) is 0 Å². The zero-order valence-electron chi connectivity index (χ0n) is 15.8. The quantitative estimate of drug-likeness (QED) is 0.284. The predicted molar refractivity (Wildman–Crippen MR) is 113 cm³/mol. The fourth-order valence-corrected chi connectivity index (χ4v) is 3.39. The molecule has 1 atom stereocenters. The Morgan fingerprint density at radius 1 is 1.36 bits per heavy atom. The number of carbonyl (C=O) groups excluding carboxylic acids is 1. The summed E-state index contributed by atoms with van der Waals surface area (Å²) in [6.45, 7) is 7.47. The molecule has 1 spiro atoms. The van der Waals surface area contributed by atoms with E-state index in [0.29, 0.717) is 18.5 Å². The molecule has 0 radical (unpaired) electrons. The number of guanidine groups is 1. The summed E-state index contributed by atoms with van der Waals surface area (Å²) in [6.07, 6.45) is 6.84. The van der Waals surface area contributed by atoms with E-state index in [1.165, 1.54) is 12.8 Å². The van der Waals surface area contributed by atoms with E-state index < -0.39 is 0 Å². The Bertz CT molecular complexity index is 487. The van der Waals surface area contributed by atoms with Crippen LogP contribution in [-0.2, 0) is 9.53 Å². The molecule has 7 heteroatoms. The summed E-state index contributed by atoms with van der Waals surface area (Å²) in [6, 6.07) is 0.336. The van der Waals surface area contributed by atoms with Crippen LogP contribution in [0.5, 0.6) is 0 Å².